The summed E-state index contributed by atoms with van der Waals surface area (Å²) in [7, 11) is 3.40. The molecule has 1 fully saturated rings. The summed E-state index contributed by atoms with van der Waals surface area (Å²) < 4.78 is 23.7. The smallest absolute Gasteiger partial charge is 0.232 e. The normalized spacial score (nSPS) is 21.2. The lowest BCUT2D eigenvalue weighted by atomic mass is 10.1. The van der Waals surface area contributed by atoms with Gasteiger partial charge in [0.05, 0.1) is 5.75 Å². The zero-order chi connectivity index (χ0) is 12.6. The van der Waals surface area contributed by atoms with Crippen LogP contribution < -0.4 is 4.90 Å². The summed E-state index contributed by atoms with van der Waals surface area (Å²) in [6.45, 7) is 0.343. The third kappa shape index (κ3) is 2.78. The molecule has 2 heterocycles. The first kappa shape index (κ1) is 12.4. The van der Waals surface area contributed by atoms with Gasteiger partial charge in [-0.05, 0) is 0 Å². The third-order valence-electron chi connectivity index (χ3n) is 2.68. The Morgan fingerprint density at radius 1 is 1.59 bits per heavy atom. The van der Waals surface area contributed by atoms with E-state index in [0.717, 1.165) is 0 Å². The van der Waals surface area contributed by atoms with E-state index in [1.807, 2.05) is 0 Å². The molecule has 0 aromatic carbocycles. The average Bonchev–Trinajstić information content (AvgIpc) is 2.70. The van der Waals surface area contributed by atoms with E-state index < -0.39 is 9.05 Å². The van der Waals surface area contributed by atoms with Crippen LogP contribution in [0.25, 0.3) is 0 Å². The molecule has 1 saturated heterocycles. The van der Waals surface area contributed by atoms with Crippen molar-refractivity contribution in [1.82, 2.24) is 9.55 Å². The van der Waals surface area contributed by atoms with Crippen LogP contribution in [-0.4, -0.2) is 36.2 Å². The van der Waals surface area contributed by atoms with Gasteiger partial charge in [0.1, 0.15) is 0 Å². The number of amides is 1. The highest BCUT2D eigenvalue weighted by molar-refractivity contribution is 8.13. The van der Waals surface area contributed by atoms with Crippen molar-refractivity contribution in [3.8, 4) is 0 Å². The van der Waals surface area contributed by atoms with Crippen molar-refractivity contribution in [3.05, 3.63) is 12.4 Å². The topological polar surface area (TPSA) is 72.3 Å². The molecular weight excluding hydrogens is 266 g/mol. The lowest BCUT2D eigenvalue weighted by Gasteiger charge is -2.15. The summed E-state index contributed by atoms with van der Waals surface area (Å²) in [5.41, 5.74) is 0. The lowest BCUT2D eigenvalue weighted by molar-refractivity contribution is -0.117. The Hall–Kier alpha value is -1.08. The van der Waals surface area contributed by atoms with E-state index in [4.69, 9.17) is 10.7 Å². The van der Waals surface area contributed by atoms with Crippen molar-refractivity contribution < 1.29 is 13.2 Å². The number of aryl methyl sites for hydroxylation is 1. The van der Waals surface area contributed by atoms with Crippen molar-refractivity contribution in [2.75, 3.05) is 17.2 Å². The molecule has 1 atom stereocenters. The van der Waals surface area contributed by atoms with Gasteiger partial charge in [0, 0.05) is 49.0 Å². The highest BCUT2D eigenvalue weighted by Crippen LogP contribution is 2.24. The van der Waals surface area contributed by atoms with Crippen LogP contribution in [0.2, 0.25) is 0 Å². The molecule has 6 nitrogen and oxygen atoms in total. The van der Waals surface area contributed by atoms with Gasteiger partial charge < -0.3 is 4.57 Å². The first-order valence-electron chi connectivity index (χ1n) is 5.07. The van der Waals surface area contributed by atoms with E-state index in [1.54, 1.807) is 24.0 Å². The second kappa shape index (κ2) is 4.30. The predicted molar refractivity (Wildman–Crippen MR) is 63.3 cm³/mol. The van der Waals surface area contributed by atoms with E-state index in [9.17, 15) is 13.2 Å². The van der Waals surface area contributed by atoms with E-state index in [0.29, 0.717) is 12.5 Å². The van der Waals surface area contributed by atoms with Gasteiger partial charge in [-0.3, -0.25) is 9.69 Å². The van der Waals surface area contributed by atoms with Gasteiger partial charge in [-0.2, -0.15) is 0 Å². The summed E-state index contributed by atoms with van der Waals surface area (Å²) in [4.78, 5) is 17.3. The van der Waals surface area contributed by atoms with Crippen molar-refractivity contribution >= 4 is 31.6 Å². The molecule has 17 heavy (non-hydrogen) atoms. The minimum atomic E-state index is -3.57. The minimum absolute atomic E-state index is 0.121. The quantitative estimate of drug-likeness (QED) is 0.747. The van der Waals surface area contributed by atoms with Gasteiger partial charge >= 0.3 is 0 Å². The van der Waals surface area contributed by atoms with Crippen molar-refractivity contribution in [2.45, 2.75) is 6.42 Å². The highest BCUT2D eigenvalue weighted by Gasteiger charge is 2.34. The van der Waals surface area contributed by atoms with E-state index in [-0.39, 0.29) is 24.0 Å². The lowest BCUT2D eigenvalue weighted by Crippen LogP contribution is -2.27. The van der Waals surface area contributed by atoms with Crippen molar-refractivity contribution in [2.24, 2.45) is 13.0 Å². The zero-order valence-corrected chi connectivity index (χ0v) is 10.8. The summed E-state index contributed by atoms with van der Waals surface area (Å²) in [5, 5.41) is 0. The molecule has 1 unspecified atom stereocenters. The zero-order valence-electron chi connectivity index (χ0n) is 9.21. The summed E-state index contributed by atoms with van der Waals surface area (Å²) in [5.74, 6) is -0.0305. The van der Waals surface area contributed by atoms with Crippen LogP contribution in [-0.2, 0) is 20.9 Å². The third-order valence-corrected chi connectivity index (χ3v) is 3.92. The number of aromatic nitrogens is 2. The standard InChI is InChI=1S/C9H12ClN3O3S/c1-12-3-2-11-9(12)13-5-7(4-8(13)14)6-17(10,15)16/h2-3,7H,4-6H2,1H3. The van der Waals surface area contributed by atoms with Crippen LogP contribution in [0.15, 0.2) is 12.4 Å². The second-order valence-corrected chi connectivity index (χ2v) is 6.94. The second-order valence-electron chi connectivity index (χ2n) is 4.12. The number of anilines is 1. The number of carbonyl (C=O) groups is 1. The molecule has 1 aliphatic rings. The molecule has 0 radical (unpaired) electrons. The monoisotopic (exact) mass is 277 g/mol. The number of carbonyl (C=O) groups excluding carboxylic acids is 1. The number of imidazole rings is 1. The number of halogens is 1. The summed E-state index contributed by atoms with van der Waals surface area (Å²) in [6.07, 6.45) is 3.52. The molecule has 0 bridgehead atoms. The molecule has 1 aromatic heterocycles. The van der Waals surface area contributed by atoms with Crippen LogP contribution in [0, 0.1) is 5.92 Å². The number of rotatable bonds is 3. The first-order valence-corrected chi connectivity index (χ1v) is 7.54. The molecule has 1 aliphatic heterocycles. The Morgan fingerprint density at radius 2 is 2.29 bits per heavy atom. The molecule has 8 heteroatoms. The maximum absolute atomic E-state index is 11.8. The van der Waals surface area contributed by atoms with Crippen LogP contribution >= 0.6 is 10.7 Å². The molecule has 0 aliphatic carbocycles. The summed E-state index contributed by atoms with van der Waals surface area (Å²) in [6, 6.07) is 0. The van der Waals surface area contributed by atoms with E-state index in [2.05, 4.69) is 4.98 Å². The number of hydrogen-bond donors (Lipinski definition) is 0. The molecule has 2 rings (SSSR count). The number of hydrogen-bond acceptors (Lipinski definition) is 4. The molecule has 0 saturated carbocycles. The van der Waals surface area contributed by atoms with Gasteiger partial charge in [-0.25, -0.2) is 13.4 Å². The molecule has 94 valence electrons. The molecule has 1 amide bonds. The Morgan fingerprint density at radius 3 is 2.82 bits per heavy atom. The minimum Gasteiger partial charge on any atom is -0.320 e. The molecular formula is C9H12ClN3O3S. The van der Waals surface area contributed by atoms with Crippen LogP contribution in [0.4, 0.5) is 5.95 Å². The average molecular weight is 278 g/mol. The van der Waals surface area contributed by atoms with Crippen LogP contribution in [0.1, 0.15) is 6.42 Å². The first-order chi connectivity index (χ1) is 7.87. The largest absolute Gasteiger partial charge is 0.320 e. The van der Waals surface area contributed by atoms with Gasteiger partial charge in [0.15, 0.2) is 0 Å². The Balaban J connectivity index is 2.14. The molecule has 0 spiro atoms. The van der Waals surface area contributed by atoms with E-state index in [1.165, 1.54) is 4.90 Å². The van der Waals surface area contributed by atoms with Gasteiger partial charge in [-0.15, -0.1) is 0 Å². The Kier molecular flexibility index (Phi) is 3.13. The van der Waals surface area contributed by atoms with Crippen LogP contribution in [0.5, 0.6) is 0 Å². The Bertz CT molecular complexity index is 539. The molecule has 0 N–H and O–H groups in total. The summed E-state index contributed by atoms with van der Waals surface area (Å²) >= 11 is 0. The van der Waals surface area contributed by atoms with Crippen molar-refractivity contribution in [1.29, 1.82) is 0 Å². The fourth-order valence-electron chi connectivity index (χ4n) is 1.99. The van der Waals surface area contributed by atoms with Gasteiger partial charge in [-0.1, -0.05) is 0 Å². The predicted octanol–water partition coefficient (Wildman–Crippen LogP) is 0.342. The fourth-order valence-corrected chi connectivity index (χ4v) is 3.31. The van der Waals surface area contributed by atoms with Gasteiger partial charge in [0.25, 0.3) is 0 Å². The molecule has 1 aromatic rings. The maximum Gasteiger partial charge on any atom is 0.232 e. The van der Waals surface area contributed by atoms with Crippen LogP contribution in [0.3, 0.4) is 0 Å². The maximum atomic E-state index is 11.8. The Labute approximate surface area is 104 Å². The SMILES string of the molecule is Cn1ccnc1N1CC(CS(=O)(=O)Cl)CC1=O. The van der Waals surface area contributed by atoms with Crippen molar-refractivity contribution in [3.63, 3.8) is 0 Å². The number of nitrogens with zero attached hydrogens (tertiary/aromatic N) is 3. The highest BCUT2D eigenvalue weighted by atomic mass is 35.7. The van der Waals surface area contributed by atoms with E-state index >= 15 is 0 Å². The fraction of sp³-hybridized carbons (Fsp3) is 0.556. The van der Waals surface area contributed by atoms with Gasteiger partial charge in [0.2, 0.25) is 20.9 Å².